The van der Waals surface area contributed by atoms with Crippen molar-refractivity contribution in [2.24, 2.45) is 0 Å². The Morgan fingerprint density at radius 1 is 0.833 bits per heavy atom. The first-order valence-electron chi connectivity index (χ1n) is 7.63. The fraction of sp³-hybridized carbons (Fsp3) is 0. The highest BCUT2D eigenvalue weighted by Gasteiger charge is 2.13. The number of aromatic nitrogens is 2. The third kappa shape index (κ3) is 2.55. The predicted molar refractivity (Wildman–Crippen MR) is 95.1 cm³/mol. The topological polar surface area (TPSA) is 47.3 Å². The molecule has 1 heterocycles. The van der Waals surface area contributed by atoms with E-state index in [9.17, 15) is 0 Å². The number of imidazole rings is 1. The van der Waals surface area contributed by atoms with Crippen LogP contribution in [0.15, 0.2) is 78.9 Å². The Bertz CT molecular complexity index is 966. The Kier molecular flexibility index (Phi) is 3.77. The van der Waals surface area contributed by atoms with Crippen LogP contribution in [-0.2, 0) is 0 Å². The van der Waals surface area contributed by atoms with Gasteiger partial charge >= 0.3 is 7.69 Å². The first kappa shape index (κ1) is 14.5. The van der Waals surface area contributed by atoms with E-state index >= 15 is 0 Å². The summed E-state index contributed by atoms with van der Waals surface area (Å²) in [5, 5.41) is 8.73. The van der Waals surface area contributed by atoms with E-state index in [2.05, 4.69) is 22.8 Å². The molecular formula is C19H14BN2O2. The quantitative estimate of drug-likeness (QED) is 0.586. The summed E-state index contributed by atoms with van der Waals surface area (Å²) in [5.74, 6) is 1.44. The maximum absolute atomic E-state index is 8.73. The Labute approximate surface area is 140 Å². The molecule has 1 aromatic heterocycles. The first-order valence-corrected chi connectivity index (χ1v) is 7.63. The highest BCUT2D eigenvalue weighted by atomic mass is 16.5. The van der Waals surface area contributed by atoms with E-state index in [1.807, 2.05) is 48.5 Å². The van der Waals surface area contributed by atoms with Crippen LogP contribution in [-0.4, -0.2) is 22.3 Å². The van der Waals surface area contributed by atoms with Gasteiger partial charge in [0.15, 0.2) is 0 Å². The van der Waals surface area contributed by atoms with E-state index in [4.69, 9.17) is 14.7 Å². The lowest BCUT2D eigenvalue weighted by Gasteiger charge is -2.10. The number of rotatable bonds is 4. The Morgan fingerprint density at radius 2 is 1.54 bits per heavy atom. The van der Waals surface area contributed by atoms with E-state index in [-0.39, 0.29) is 0 Å². The molecule has 4 rings (SSSR count). The second-order valence-corrected chi connectivity index (χ2v) is 5.34. The summed E-state index contributed by atoms with van der Waals surface area (Å²) in [4.78, 5) is 4.80. The zero-order valence-electron chi connectivity index (χ0n) is 12.8. The van der Waals surface area contributed by atoms with Crippen molar-refractivity contribution in [3.8, 4) is 22.8 Å². The van der Waals surface area contributed by atoms with Gasteiger partial charge in [-0.25, -0.2) is 4.98 Å². The lowest BCUT2D eigenvalue weighted by Crippen LogP contribution is -2.00. The van der Waals surface area contributed by atoms with E-state index in [0.717, 1.165) is 28.1 Å². The zero-order valence-corrected chi connectivity index (χ0v) is 12.8. The lowest BCUT2D eigenvalue weighted by molar-refractivity contribution is 0.454. The molecule has 5 heteroatoms. The average molecular weight is 313 g/mol. The summed E-state index contributed by atoms with van der Waals surface area (Å²) in [5.41, 5.74) is 4.04. The van der Waals surface area contributed by atoms with Crippen molar-refractivity contribution in [2.45, 2.75) is 0 Å². The van der Waals surface area contributed by atoms with E-state index < -0.39 is 0 Å². The molecule has 0 aliphatic heterocycles. The summed E-state index contributed by atoms with van der Waals surface area (Å²) >= 11 is 0. The zero-order chi connectivity index (χ0) is 16.4. The van der Waals surface area contributed by atoms with Crippen LogP contribution in [0.3, 0.4) is 0 Å². The van der Waals surface area contributed by atoms with Crippen molar-refractivity contribution >= 4 is 18.7 Å². The third-order valence-corrected chi connectivity index (χ3v) is 3.88. The molecular weight excluding hydrogens is 299 g/mol. The van der Waals surface area contributed by atoms with Gasteiger partial charge in [-0.15, -0.1) is 0 Å². The summed E-state index contributed by atoms with van der Waals surface area (Å²) in [6, 6.07) is 25.7. The molecule has 1 radical (unpaired) electrons. The van der Waals surface area contributed by atoms with E-state index in [1.54, 1.807) is 12.1 Å². The first-order chi connectivity index (χ1) is 11.9. The predicted octanol–water partition coefficient (Wildman–Crippen LogP) is 3.60. The molecule has 1 N–H and O–H groups in total. The van der Waals surface area contributed by atoms with Crippen molar-refractivity contribution in [3.05, 3.63) is 78.9 Å². The molecule has 0 spiro atoms. The third-order valence-electron chi connectivity index (χ3n) is 3.88. The number of hydrogen-bond acceptors (Lipinski definition) is 3. The minimum Gasteiger partial charge on any atom is -0.537 e. The van der Waals surface area contributed by atoms with Gasteiger partial charge in [0.25, 0.3) is 0 Å². The second-order valence-electron chi connectivity index (χ2n) is 5.34. The summed E-state index contributed by atoms with van der Waals surface area (Å²) < 4.78 is 7.12. The maximum atomic E-state index is 8.73. The molecule has 0 aliphatic carbocycles. The van der Waals surface area contributed by atoms with Gasteiger partial charge in [0, 0.05) is 11.3 Å². The Morgan fingerprint density at radius 3 is 2.29 bits per heavy atom. The Hall–Kier alpha value is -3.05. The van der Waals surface area contributed by atoms with Gasteiger partial charge in [-0.1, -0.05) is 30.3 Å². The molecule has 3 aromatic carbocycles. The van der Waals surface area contributed by atoms with Gasteiger partial charge in [-0.05, 0) is 48.5 Å². The highest BCUT2D eigenvalue weighted by molar-refractivity contribution is 6.17. The number of fused-ring (bicyclic) bond motifs is 1. The molecule has 4 aromatic rings. The molecule has 0 aliphatic rings. The molecule has 0 unspecified atom stereocenters. The van der Waals surface area contributed by atoms with Crippen molar-refractivity contribution in [2.75, 3.05) is 0 Å². The average Bonchev–Trinajstić information content (AvgIpc) is 3.03. The lowest BCUT2D eigenvalue weighted by atomic mass is 10.2. The normalized spacial score (nSPS) is 10.7. The van der Waals surface area contributed by atoms with Crippen LogP contribution in [0.2, 0.25) is 0 Å². The highest BCUT2D eigenvalue weighted by Crippen LogP contribution is 2.29. The van der Waals surface area contributed by atoms with Crippen LogP contribution in [0.5, 0.6) is 5.75 Å². The number of hydrogen-bond donors (Lipinski definition) is 1. The van der Waals surface area contributed by atoms with Crippen LogP contribution in [0.25, 0.3) is 28.1 Å². The van der Waals surface area contributed by atoms with Crippen molar-refractivity contribution in [1.29, 1.82) is 0 Å². The Balaban J connectivity index is 1.91. The molecule has 4 nitrogen and oxygen atoms in total. The maximum Gasteiger partial charge on any atom is 0.569 e. The SMILES string of the molecule is O[B]Oc1ccc(-c2nc3ccccc3n2-c2ccccc2)cc1. The number of para-hydroxylation sites is 3. The van der Waals surface area contributed by atoms with Crippen molar-refractivity contribution in [3.63, 3.8) is 0 Å². The molecule has 0 bridgehead atoms. The van der Waals surface area contributed by atoms with Crippen LogP contribution >= 0.6 is 0 Å². The molecule has 0 amide bonds. The summed E-state index contributed by atoms with van der Waals surface area (Å²) in [6.07, 6.45) is 0. The monoisotopic (exact) mass is 313 g/mol. The smallest absolute Gasteiger partial charge is 0.537 e. The standard InChI is InChI=1S/C19H14BN2O2/c23-20-24-16-12-10-14(11-13-16)19-21-17-8-4-5-9-18(17)22(19)15-6-2-1-3-7-15/h1-13,23H. The second kappa shape index (κ2) is 6.22. The van der Waals surface area contributed by atoms with E-state index in [1.165, 1.54) is 0 Å². The summed E-state index contributed by atoms with van der Waals surface area (Å²) in [7, 11) is 0.675. The summed E-state index contributed by atoms with van der Waals surface area (Å²) in [6.45, 7) is 0. The van der Waals surface area contributed by atoms with Gasteiger partial charge < -0.3 is 9.68 Å². The largest absolute Gasteiger partial charge is 0.569 e. The van der Waals surface area contributed by atoms with Gasteiger partial charge in [0.1, 0.15) is 11.6 Å². The molecule has 0 saturated carbocycles. The van der Waals surface area contributed by atoms with Gasteiger partial charge in [0.05, 0.1) is 11.0 Å². The number of benzene rings is 3. The van der Waals surface area contributed by atoms with Crippen molar-refractivity contribution in [1.82, 2.24) is 9.55 Å². The van der Waals surface area contributed by atoms with Gasteiger partial charge in [0.2, 0.25) is 0 Å². The van der Waals surface area contributed by atoms with E-state index in [0.29, 0.717) is 13.4 Å². The minimum atomic E-state index is 0.573. The van der Waals surface area contributed by atoms with Crippen LogP contribution in [0.1, 0.15) is 0 Å². The van der Waals surface area contributed by atoms with Gasteiger partial charge in [-0.3, -0.25) is 4.57 Å². The number of nitrogens with zero attached hydrogens (tertiary/aromatic N) is 2. The minimum absolute atomic E-state index is 0.573. The van der Waals surface area contributed by atoms with Crippen LogP contribution in [0.4, 0.5) is 0 Å². The van der Waals surface area contributed by atoms with Crippen molar-refractivity contribution < 1.29 is 9.68 Å². The molecule has 115 valence electrons. The van der Waals surface area contributed by atoms with Gasteiger partial charge in [-0.2, -0.15) is 0 Å². The van der Waals surface area contributed by atoms with Crippen LogP contribution < -0.4 is 4.65 Å². The fourth-order valence-corrected chi connectivity index (χ4v) is 2.80. The molecule has 0 saturated heterocycles. The molecule has 24 heavy (non-hydrogen) atoms. The molecule has 0 atom stereocenters. The fourth-order valence-electron chi connectivity index (χ4n) is 2.80. The van der Waals surface area contributed by atoms with Crippen LogP contribution in [0, 0.1) is 0 Å². The molecule has 0 fully saturated rings.